The van der Waals surface area contributed by atoms with Crippen LogP contribution in [0, 0.1) is 10.1 Å². The number of hydrogen-bond acceptors (Lipinski definition) is 5. The number of halogens is 1. The van der Waals surface area contributed by atoms with E-state index in [1.165, 1.54) is 18.4 Å². The molecule has 0 aliphatic carbocycles. The van der Waals surface area contributed by atoms with Gasteiger partial charge < -0.3 is 9.47 Å². The van der Waals surface area contributed by atoms with E-state index in [9.17, 15) is 10.1 Å². The van der Waals surface area contributed by atoms with E-state index in [-0.39, 0.29) is 18.1 Å². The predicted molar refractivity (Wildman–Crippen MR) is 72.5 cm³/mol. The number of rotatable bonds is 3. The Morgan fingerprint density at radius 2 is 2.11 bits per heavy atom. The lowest BCUT2D eigenvalue weighted by atomic mass is 10.3. The molecule has 1 fully saturated rings. The van der Waals surface area contributed by atoms with E-state index >= 15 is 0 Å². The Morgan fingerprint density at radius 3 is 2.68 bits per heavy atom. The van der Waals surface area contributed by atoms with Gasteiger partial charge in [0.2, 0.25) is 0 Å². The number of nitro groups is 1. The number of likely N-dealkylation sites (N-methyl/N-ethyl adjacent to an activating group) is 1. The maximum atomic E-state index is 10.5. The average molecular weight is 287 g/mol. The Bertz CT molecular complexity index is 461. The third kappa shape index (κ3) is 4.42. The highest BCUT2D eigenvalue weighted by atomic mass is 35.5. The second kappa shape index (κ2) is 6.96. The third-order valence-electron chi connectivity index (χ3n) is 2.56. The van der Waals surface area contributed by atoms with Gasteiger partial charge in [0.15, 0.2) is 0 Å². The molecule has 7 heteroatoms. The Kier molecular flexibility index (Phi) is 5.59. The molecule has 1 aliphatic rings. The Labute approximate surface area is 117 Å². The summed E-state index contributed by atoms with van der Waals surface area (Å²) in [5.74, 6) is 1.30. The lowest BCUT2D eigenvalue weighted by molar-refractivity contribution is -0.384. The molecule has 1 saturated heterocycles. The normalized spacial score (nSPS) is 17.4. The third-order valence-corrected chi connectivity index (χ3v) is 2.56. The van der Waals surface area contributed by atoms with Gasteiger partial charge >= 0.3 is 0 Å². The number of benzene rings is 1. The molecular weight excluding hydrogens is 272 g/mol. The molecule has 0 atom stereocenters. The van der Waals surface area contributed by atoms with Crippen LogP contribution >= 0.6 is 12.4 Å². The largest absolute Gasteiger partial charge is 0.492 e. The smallest absolute Gasteiger partial charge is 0.269 e. The van der Waals surface area contributed by atoms with Crippen LogP contribution in [0.3, 0.4) is 0 Å². The number of hydrogen-bond donors (Lipinski definition) is 0. The van der Waals surface area contributed by atoms with E-state index in [4.69, 9.17) is 9.47 Å². The summed E-state index contributed by atoms with van der Waals surface area (Å²) >= 11 is 0. The van der Waals surface area contributed by atoms with Crippen LogP contribution in [0.1, 0.15) is 0 Å². The van der Waals surface area contributed by atoms with Crippen LogP contribution in [-0.2, 0) is 4.74 Å². The molecule has 0 spiro atoms. The fraction of sp³-hybridized carbons (Fsp3) is 0.333. The first kappa shape index (κ1) is 15.3. The molecule has 0 N–H and O–H groups in total. The Hall–Kier alpha value is -1.79. The minimum Gasteiger partial charge on any atom is -0.492 e. The lowest BCUT2D eigenvalue weighted by Gasteiger charge is -2.24. The molecule has 6 nitrogen and oxygen atoms in total. The van der Waals surface area contributed by atoms with Crippen LogP contribution in [0.15, 0.2) is 36.3 Å². The maximum absolute atomic E-state index is 10.5. The number of ether oxygens (including phenoxy) is 2. The summed E-state index contributed by atoms with van der Waals surface area (Å²) in [5.41, 5.74) is 0.0450. The summed E-state index contributed by atoms with van der Waals surface area (Å²) in [6.45, 7) is 2.24. The number of morpholine rings is 1. The summed E-state index contributed by atoms with van der Waals surface area (Å²) in [6, 6.07) is 5.92. The topological polar surface area (TPSA) is 64.8 Å². The average Bonchev–Trinajstić information content (AvgIpc) is 2.37. The van der Waals surface area contributed by atoms with Crippen molar-refractivity contribution in [3.05, 3.63) is 46.4 Å². The molecule has 1 heterocycles. The van der Waals surface area contributed by atoms with Gasteiger partial charge in [-0.15, -0.1) is 12.4 Å². The summed E-state index contributed by atoms with van der Waals surface area (Å²) < 4.78 is 10.8. The molecule has 19 heavy (non-hydrogen) atoms. The van der Waals surface area contributed by atoms with Crippen molar-refractivity contribution >= 4 is 18.1 Å². The molecule has 1 aromatic rings. The van der Waals surface area contributed by atoms with E-state index in [2.05, 4.69) is 4.90 Å². The standard InChI is InChI=1S/C12H14N2O4.ClH/c1-13-6-7-17-12(8-13)9-18-11-4-2-10(3-5-11)14(15)16;/h2-5,9H,6-8H2,1H3;1H. The molecule has 2 rings (SSSR count). The van der Waals surface area contributed by atoms with Crippen LogP contribution in [-0.4, -0.2) is 36.6 Å². The van der Waals surface area contributed by atoms with Gasteiger partial charge in [-0.05, 0) is 19.2 Å². The number of nitrogens with zero attached hydrogens (tertiary/aromatic N) is 2. The summed E-state index contributed by atoms with van der Waals surface area (Å²) in [4.78, 5) is 12.2. The first-order valence-electron chi connectivity index (χ1n) is 5.56. The fourth-order valence-electron chi connectivity index (χ4n) is 1.57. The van der Waals surface area contributed by atoms with Crippen LogP contribution < -0.4 is 4.74 Å². The van der Waals surface area contributed by atoms with Crippen LogP contribution in [0.4, 0.5) is 5.69 Å². The Balaban J connectivity index is 0.00000180. The quantitative estimate of drug-likeness (QED) is 0.484. The molecule has 0 aromatic heterocycles. The van der Waals surface area contributed by atoms with Gasteiger partial charge in [0.25, 0.3) is 5.69 Å². The van der Waals surface area contributed by atoms with E-state index in [0.717, 1.165) is 12.3 Å². The van der Waals surface area contributed by atoms with Crippen molar-refractivity contribution in [2.24, 2.45) is 0 Å². The van der Waals surface area contributed by atoms with Crippen molar-refractivity contribution in [1.82, 2.24) is 4.90 Å². The van der Waals surface area contributed by atoms with Gasteiger partial charge in [0.05, 0.1) is 11.5 Å². The highest BCUT2D eigenvalue weighted by Crippen LogP contribution is 2.18. The molecule has 0 saturated carbocycles. The zero-order chi connectivity index (χ0) is 13.0. The van der Waals surface area contributed by atoms with Crippen molar-refractivity contribution in [2.75, 3.05) is 26.7 Å². The van der Waals surface area contributed by atoms with Gasteiger partial charge in [0.1, 0.15) is 24.4 Å². The lowest BCUT2D eigenvalue weighted by Crippen LogP contribution is -2.31. The second-order valence-electron chi connectivity index (χ2n) is 4.04. The molecule has 0 unspecified atom stereocenters. The van der Waals surface area contributed by atoms with Gasteiger partial charge in [-0.2, -0.15) is 0 Å². The summed E-state index contributed by atoms with van der Waals surface area (Å²) in [7, 11) is 2.00. The zero-order valence-electron chi connectivity index (χ0n) is 10.4. The number of nitro benzene ring substituents is 1. The molecule has 1 aromatic carbocycles. The molecule has 104 valence electrons. The molecule has 0 amide bonds. The van der Waals surface area contributed by atoms with Crippen molar-refractivity contribution in [1.29, 1.82) is 0 Å². The SMILES string of the molecule is CN1CCOC(=COc2ccc([N+](=O)[O-])cc2)C1.Cl. The van der Waals surface area contributed by atoms with Crippen LogP contribution in [0.2, 0.25) is 0 Å². The van der Waals surface area contributed by atoms with Gasteiger partial charge in [-0.3, -0.25) is 15.0 Å². The summed E-state index contributed by atoms with van der Waals surface area (Å²) in [5, 5.41) is 10.5. The van der Waals surface area contributed by atoms with Gasteiger partial charge in [-0.25, -0.2) is 0 Å². The van der Waals surface area contributed by atoms with Gasteiger partial charge in [-0.1, -0.05) is 0 Å². The number of non-ortho nitro benzene ring substituents is 1. The minimum absolute atomic E-state index is 0. The zero-order valence-corrected chi connectivity index (χ0v) is 11.3. The highest BCUT2D eigenvalue weighted by molar-refractivity contribution is 5.85. The van der Waals surface area contributed by atoms with Crippen molar-refractivity contribution in [3.8, 4) is 5.75 Å². The monoisotopic (exact) mass is 286 g/mol. The minimum atomic E-state index is -0.443. The molecular formula is C12H15ClN2O4. The van der Waals surface area contributed by atoms with Crippen LogP contribution in [0.5, 0.6) is 5.75 Å². The second-order valence-corrected chi connectivity index (χ2v) is 4.04. The molecule has 0 radical (unpaired) electrons. The van der Waals surface area contributed by atoms with E-state index in [1.54, 1.807) is 12.1 Å². The maximum Gasteiger partial charge on any atom is 0.269 e. The predicted octanol–water partition coefficient (Wildman–Crippen LogP) is 2.20. The van der Waals surface area contributed by atoms with E-state index < -0.39 is 4.92 Å². The van der Waals surface area contributed by atoms with Gasteiger partial charge in [0, 0.05) is 18.7 Å². The molecule has 1 aliphatic heterocycles. The highest BCUT2D eigenvalue weighted by Gasteiger charge is 2.11. The summed E-state index contributed by atoms with van der Waals surface area (Å²) in [6.07, 6.45) is 1.54. The first-order valence-corrected chi connectivity index (χ1v) is 5.56. The Morgan fingerprint density at radius 1 is 1.42 bits per heavy atom. The molecule has 0 bridgehead atoms. The van der Waals surface area contributed by atoms with Crippen molar-refractivity contribution in [3.63, 3.8) is 0 Å². The first-order chi connectivity index (χ1) is 8.65. The van der Waals surface area contributed by atoms with Crippen molar-refractivity contribution < 1.29 is 14.4 Å². The van der Waals surface area contributed by atoms with Crippen LogP contribution in [0.25, 0.3) is 0 Å². The van der Waals surface area contributed by atoms with E-state index in [1.807, 2.05) is 7.05 Å². The van der Waals surface area contributed by atoms with Crippen molar-refractivity contribution in [2.45, 2.75) is 0 Å². The van der Waals surface area contributed by atoms with E-state index in [0.29, 0.717) is 18.9 Å². The fourth-order valence-corrected chi connectivity index (χ4v) is 1.57.